The number of esters is 1. The summed E-state index contributed by atoms with van der Waals surface area (Å²) in [5, 5.41) is 0.346. The molecule has 1 unspecified atom stereocenters. The highest BCUT2D eigenvalue weighted by Gasteiger charge is 2.46. The highest BCUT2D eigenvalue weighted by atomic mass is 35.5. The van der Waals surface area contributed by atoms with Gasteiger partial charge >= 0.3 is 5.97 Å². The molecule has 4 rings (SSSR count). The Balaban J connectivity index is 1.57. The fourth-order valence-corrected chi connectivity index (χ4v) is 6.74. The summed E-state index contributed by atoms with van der Waals surface area (Å²) in [5.74, 6) is -1.32. The lowest BCUT2D eigenvalue weighted by Crippen LogP contribution is -2.60. The summed E-state index contributed by atoms with van der Waals surface area (Å²) < 4.78 is 21.1. The van der Waals surface area contributed by atoms with Gasteiger partial charge in [-0.2, -0.15) is 0 Å². The molecule has 0 N–H and O–H groups in total. The van der Waals surface area contributed by atoms with E-state index in [4.69, 9.17) is 16.3 Å². The van der Waals surface area contributed by atoms with Crippen LogP contribution in [0.4, 0.5) is 4.39 Å². The minimum Gasteiger partial charge on any atom is -0.459 e. The van der Waals surface area contributed by atoms with Crippen molar-refractivity contribution in [3.63, 3.8) is 0 Å². The molecular formula is C35H49ClFN3O3. The standard InChI is InChI=1S/C35H49ClFN3O3/c1-22-10-12-25(13-11-22)24(3)31(33(42)43-35(7,8)9)38-16-17-40(23(2)19-38)32(41)29-21-39(34(4,5)6)20-28(29)27-15-14-26(36)18-30(27)37/h10-15,18,23-24,28-29,31H,16-17,19-21H2,1-9H3/t23-,24?,28-,29+,31-/m0/s1. The van der Waals surface area contributed by atoms with Crippen molar-refractivity contribution < 1.29 is 18.7 Å². The van der Waals surface area contributed by atoms with Gasteiger partial charge in [0.05, 0.1) is 5.92 Å². The minimum atomic E-state index is -0.612. The normalized spacial score (nSPS) is 23.7. The molecule has 2 saturated heterocycles. The van der Waals surface area contributed by atoms with Crippen LogP contribution < -0.4 is 0 Å². The number of aryl methyl sites for hydroxylation is 1. The number of likely N-dealkylation sites (tertiary alicyclic amines) is 1. The molecule has 0 bridgehead atoms. The number of carbonyl (C=O) groups excluding carboxylic acids is 2. The second-order valence-corrected chi connectivity index (χ2v) is 14.9. The predicted octanol–water partition coefficient (Wildman–Crippen LogP) is 6.65. The van der Waals surface area contributed by atoms with E-state index in [-0.39, 0.29) is 47.0 Å². The number of hydrogen-bond donors (Lipinski definition) is 0. The number of ether oxygens (including phenoxy) is 1. The fraction of sp³-hybridized carbons (Fsp3) is 0.600. The highest BCUT2D eigenvalue weighted by molar-refractivity contribution is 6.30. The number of benzene rings is 2. The third-order valence-corrected chi connectivity index (χ3v) is 9.24. The van der Waals surface area contributed by atoms with Crippen LogP contribution in [0.2, 0.25) is 5.02 Å². The number of piperazine rings is 1. The molecule has 5 atom stereocenters. The van der Waals surface area contributed by atoms with Crippen molar-refractivity contribution in [2.45, 2.75) is 97.4 Å². The Morgan fingerprint density at radius 1 is 0.977 bits per heavy atom. The van der Waals surface area contributed by atoms with Crippen LogP contribution in [0.25, 0.3) is 0 Å². The molecule has 0 saturated carbocycles. The zero-order valence-electron chi connectivity index (χ0n) is 27.3. The molecule has 2 fully saturated rings. The van der Waals surface area contributed by atoms with Crippen LogP contribution in [0.1, 0.15) is 83.9 Å². The maximum Gasteiger partial charge on any atom is 0.324 e. The van der Waals surface area contributed by atoms with Gasteiger partial charge < -0.3 is 9.64 Å². The van der Waals surface area contributed by atoms with Gasteiger partial charge in [0.15, 0.2) is 0 Å². The van der Waals surface area contributed by atoms with Gasteiger partial charge in [0.1, 0.15) is 17.5 Å². The molecule has 1 amide bonds. The topological polar surface area (TPSA) is 53.1 Å². The molecule has 2 aliphatic heterocycles. The Morgan fingerprint density at radius 2 is 1.63 bits per heavy atom. The van der Waals surface area contributed by atoms with Gasteiger partial charge in [0.25, 0.3) is 0 Å². The van der Waals surface area contributed by atoms with Crippen LogP contribution in [-0.4, -0.2) is 82.5 Å². The van der Waals surface area contributed by atoms with Crippen molar-refractivity contribution in [3.8, 4) is 0 Å². The van der Waals surface area contributed by atoms with Crippen LogP contribution in [0.3, 0.4) is 0 Å². The molecule has 0 spiro atoms. The monoisotopic (exact) mass is 613 g/mol. The molecule has 236 valence electrons. The molecule has 2 aliphatic rings. The van der Waals surface area contributed by atoms with E-state index < -0.39 is 11.6 Å². The van der Waals surface area contributed by atoms with Crippen LogP contribution in [-0.2, 0) is 14.3 Å². The second kappa shape index (κ2) is 12.9. The van der Waals surface area contributed by atoms with Crippen LogP contribution in [0.15, 0.2) is 42.5 Å². The molecule has 2 aromatic carbocycles. The molecule has 0 aromatic heterocycles. The maximum atomic E-state index is 15.2. The molecule has 8 heteroatoms. The molecule has 43 heavy (non-hydrogen) atoms. The van der Waals surface area contributed by atoms with Gasteiger partial charge in [0.2, 0.25) is 5.91 Å². The third kappa shape index (κ3) is 7.79. The second-order valence-electron chi connectivity index (χ2n) is 14.5. The van der Waals surface area contributed by atoms with Gasteiger partial charge in [-0.15, -0.1) is 0 Å². The molecule has 2 aromatic rings. The number of amides is 1. The van der Waals surface area contributed by atoms with E-state index >= 15 is 4.39 Å². The fourth-order valence-electron chi connectivity index (χ4n) is 6.58. The van der Waals surface area contributed by atoms with Gasteiger partial charge in [-0.3, -0.25) is 19.4 Å². The Kier molecular flexibility index (Phi) is 9.99. The first kappa shape index (κ1) is 33.4. The van der Waals surface area contributed by atoms with Gasteiger partial charge in [-0.1, -0.05) is 54.4 Å². The zero-order valence-corrected chi connectivity index (χ0v) is 28.0. The van der Waals surface area contributed by atoms with Gasteiger partial charge in [-0.05, 0) is 78.6 Å². The van der Waals surface area contributed by atoms with Crippen LogP contribution >= 0.6 is 11.6 Å². The van der Waals surface area contributed by atoms with E-state index in [2.05, 4.69) is 68.7 Å². The number of carbonyl (C=O) groups is 2. The van der Waals surface area contributed by atoms with Crippen molar-refractivity contribution in [1.82, 2.24) is 14.7 Å². The largest absolute Gasteiger partial charge is 0.459 e. The Hall–Kier alpha value is -2.48. The van der Waals surface area contributed by atoms with E-state index in [0.717, 1.165) is 5.56 Å². The number of hydrogen-bond acceptors (Lipinski definition) is 5. The van der Waals surface area contributed by atoms with Crippen molar-refractivity contribution in [2.24, 2.45) is 5.92 Å². The Labute approximate surface area is 262 Å². The highest BCUT2D eigenvalue weighted by Crippen LogP contribution is 2.39. The number of nitrogens with zero attached hydrogens (tertiary/aromatic N) is 3. The van der Waals surface area contributed by atoms with Gasteiger partial charge in [0, 0.05) is 61.2 Å². The smallest absolute Gasteiger partial charge is 0.324 e. The minimum absolute atomic E-state index is 0.0404. The molecule has 0 aliphatic carbocycles. The SMILES string of the molecule is Cc1ccc(C(C)[C@@H](C(=O)OC(C)(C)C)N2CCN(C(=O)[C@@H]3CN(C(C)(C)C)C[C@H]3c3ccc(Cl)cc3F)[C@@H](C)C2)cc1. The first-order chi connectivity index (χ1) is 20.0. The molecule has 0 radical (unpaired) electrons. The summed E-state index contributed by atoms with van der Waals surface area (Å²) in [6.45, 7) is 21.0. The van der Waals surface area contributed by atoms with E-state index in [9.17, 15) is 9.59 Å². The van der Waals surface area contributed by atoms with Crippen LogP contribution in [0.5, 0.6) is 0 Å². The van der Waals surface area contributed by atoms with Crippen molar-refractivity contribution in [2.75, 3.05) is 32.7 Å². The Morgan fingerprint density at radius 3 is 2.19 bits per heavy atom. The van der Waals surface area contributed by atoms with E-state index in [0.29, 0.717) is 43.3 Å². The van der Waals surface area contributed by atoms with Crippen molar-refractivity contribution in [1.29, 1.82) is 0 Å². The Bertz CT molecular complexity index is 1300. The molecular weight excluding hydrogens is 565 g/mol. The predicted molar refractivity (Wildman–Crippen MR) is 171 cm³/mol. The van der Waals surface area contributed by atoms with E-state index in [1.165, 1.54) is 11.6 Å². The number of rotatable bonds is 6. The lowest BCUT2D eigenvalue weighted by molar-refractivity contribution is -0.164. The molecule has 6 nitrogen and oxygen atoms in total. The first-order valence-corrected chi connectivity index (χ1v) is 15.9. The summed E-state index contributed by atoms with van der Waals surface area (Å²) in [5.41, 5.74) is 2.01. The van der Waals surface area contributed by atoms with Crippen molar-refractivity contribution in [3.05, 3.63) is 70.0 Å². The first-order valence-electron chi connectivity index (χ1n) is 15.5. The summed E-state index contributed by atoms with van der Waals surface area (Å²) >= 11 is 6.07. The number of halogens is 2. The summed E-state index contributed by atoms with van der Waals surface area (Å²) in [6.07, 6.45) is 0. The lowest BCUT2D eigenvalue weighted by Gasteiger charge is -2.45. The summed E-state index contributed by atoms with van der Waals surface area (Å²) in [7, 11) is 0. The van der Waals surface area contributed by atoms with E-state index in [1.54, 1.807) is 12.1 Å². The van der Waals surface area contributed by atoms with E-state index in [1.807, 2.05) is 32.6 Å². The zero-order chi connectivity index (χ0) is 31.9. The van der Waals surface area contributed by atoms with Gasteiger partial charge in [-0.25, -0.2) is 4.39 Å². The third-order valence-electron chi connectivity index (χ3n) is 9.01. The lowest BCUT2D eigenvalue weighted by atomic mass is 9.86. The van der Waals surface area contributed by atoms with Crippen LogP contribution in [0, 0.1) is 18.7 Å². The van der Waals surface area contributed by atoms with Crippen molar-refractivity contribution >= 4 is 23.5 Å². The summed E-state index contributed by atoms with van der Waals surface area (Å²) in [6, 6.07) is 12.5. The average molecular weight is 614 g/mol. The summed E-state index contributed by atoms with van der Waals surface area (Å²) in [4.78, 5) is 34.3. The average Bonchev–Trinajstić information content (AvgIpc) is 3.34. The quantitative estimate of drug-likeness (QED) is 0.342. The molecule has 2 heterocycles. The maximum absolute atomic E-state index is 15.2.